The van der Waals surface area contributed by atoms with Gasteiger partial charge in [-0.25, -0.2) is 8.42 Å². The molecule has 23 heavy (non-hydrogen) atoms. The van der Waals surface area contributed by atoms with Gasteiger partial charge in [0, 0.05) is 12.6 Å². The Hall–Kier alpha value is -1.40. The maximum atomic E-state index is 11.8. The third-order valence-electron chi connectivity index (χ3n) is 3.49. The molecule has 0 aliphatic heterocycles. The van der Waals surface area contributed by atoms with Crippen LogP contribution in [0.25, 0.3) is 0 Å². The minimum atomic E-state index is -3.36. The predicted molar refractivity (Wildman–Crippen MR) is 94.0 cm³/mol. The van der Waals surface area contributed by atoms with Crippen molar-refractivity contribution in [2.75, 3.05) is 18.1 Å². The summed E-state index contributed by atoms with van der Waals surface area (Å²) in [6.07, 6.45) is 0. The lowest BCUT2D eigenvalue weighted by atomic mass is 9.99. The summed E-state index contributed by atoms with van der Waals surface area (Å²) in [5.74, 6) is -0.506. The van der Waals surface area contributed by atoms with E-state index < -0.39 is 21.5 Å². The largest absolute Gasteiger partial charge is 0.353 e. The van der Waals surface area contributed by atoms with Gasteiger partial charge in [-0.05, 0) is 23.0 Å². The van der Waals surface area contributed by atoms with Gasteiger partial charge in [0.05, 0.1) is 5.75 Å². The van der Waals surface area contributed by atoms with Crippen molar-refractivity contribution in [1.82, 2.24) is 5.32 Å². The Morgan fingerprint density at radius 1 is 1.09 bits per heavy atom. The normalized spacial score (nSPS) is 13.3. The van der Waals surface area contributed by atoms with Crippen LogP contribution >= 0.6 is 0 Å². The molecular weight excluding hydrogens is 312 g/mol. The Kier molecular flexibility index (Phi) is 7.22. The van der Waals surface area contributed by atoms with Gasteiger partial charge in [0.15, 0.2) is 9.84 Å². The first kappa shape index (κ1) is 19.6. The zero-order valence-electron chi connectivity index (χ0n) is 14.4. The van der Waals surface area contributed by atoms with Gasteiger partial charge >= 0.3 is 0 Å². The highest BCUT2D eigenvalue weighted by atomic mass is 32.2. The lowest BCUT2D eigenvalue weighted by molar-refractivity contribution is -0.118. The van der Waals surface area contributed by atoms with Crippen LogP contribution in [-0.2, 0) is 14.6 Å². The van der Waals surface area contributed by atoms with E-state index in [0.717, 1.165) is 5.56 Å². The van der Waals surface area contributed by atoms with E-state index in [1.807, 2.05) is 38.1 Å². The molecule has 130 valence electrons. The lowest BCUT2D eigenvalue weighted by Crippen LogP contribution is -2.36. The highest BCUT2D eigenvalue weighted by molar-refractivity contribution is 7.92. The third kappa shape index (κ3) is 7.14. The van der Waals surface area contributed by atoms with E-state index in [1.165, 1.54) is 5.56 Å². The highest BCUT2D eigenvalue weighted by Crippen LogP contribution is 2.17. The van der Waals surface area contributed by atoms with Gasteiger partial charge in [0.1, 0.15) is 5.75 Å². The second kappa shape index (κ2) is 8.45. The molecule has 3 N–H and O–H groups in total. The van der Waals surface area contributed by atoms with Crippen molar-refractivity contribution >= 4 is 15.7 Å². The maximum absolute atomic E-state index is 11.8. The summed E-state index contributed by atoms with van der Waals surface area (Å²) in [7, 11) is -3.36. The molecule has 1 atom stereocenters. The maximum Gasteiger partial charge on any atom is 0.235 e. The number of nitrogens with one attached hydrogen (secondary N) is 1. The van der Waals surface area contributed by atoms with E-state index in [4.69, 9.17) is 5.73 Å². The van der Waals surface area contributed by atoms with Crippen LogP contribution in [-0.4, -0.2) is 32.4 Å². The fourth-order valence-corrected chi connectivity index (χ4v) is 3.92. The van der Waals surface area contributed by atoms with Crippen LogP contribution in [0.2, 0.25) is 0 Å². The molecule has 1 aromatic rings. The number of nitrogens with two attached hydrogens (primary N) is 1. The van der Waals surface area contributed by atoms with E-state index >= 15 is 0 Å². The summed E-state index contributed by atoms with van der Waals surface area (Å²) in [5, 5.41) is 2.60. The molecule has 1 aromatic carbocycles. The quantitative estimate of drug-likeness (QED) is 0.757. The van der Waals surface area contributed by atoms with Crippen molar-refractivity contribution in [2.24, 2.45) is 11.7 Å². The average Bonchev–Trinajstić information content (AvgIpc) is 2.42. The first-order valence-corrected chi connectivity index (χ1v) is 9.75. The molecule has 0 radical (unpaired) electrons. The zero-order valence-corrected chi connectivity index (χ0v) is 15.2. The first-order valence-electron chi connectivity index (χ1n) is 7.93. The summed E-state index contributed by atoms with van der Waals surface area (Å²) in [6, 6.07) is 7.58. The molecule has 0 heterocycles. The van der Waals surface area contributed by atoms with Gasteiger partial charge in [-0.15, -0.1) is 0 Å². The molecule has 0 aliphatic rings. The number of hydrogen-bond donors (Lipinski definition) is 2. The van der Waals surface area contributed by atoms with Crippen LogP contribution in [0.15, 0.2) is 24.3 Å². The Bertz CT molecular complexity index is 607. The second-order valence-corrected chi connectivity index (χ2v) is 8.79. The summed E-state index contributed by atoms with van der Waals surface area (Å²) >= 11 is 0. The van der Waals surface area contributed by atoms with Crippen molar-refractivity contribution < 1.29 is 13.2 Å². The molecule has 1 rings (SSSR count). The molecule has 0 spiro atoms. The lowest BCUT2D eigenvalue weighted by Gasteiger charge is -2.15. The summed E-state index contributed by atoms with van der Waals surface area (Å²) in [6.45, 7) is 8.08. The fraction of sp³-hybridized carbons (Fsp3) is 0.588. The molecule has 5 nitrogen and oxygen atoms in total. The van der Waals surface area contributed by atoms with E-state index in [0.29, 0.717) is 5.92 Å². The molecule has 0 saturated carbocycles. The van der Waals surface area contributed by atoms with Crippen LogP contribution < -0.4 is 11.1 Å². The van der Waals surface area contributed by atoms with Crippen molar-refractivity contribution in [3.63, 3.8) is 0 Å². The Morgan fingerprint density at radius 2 is 1.61 bits per heavy atom. The predicted octanol–water partition coefficient (Wildman–Crippen LogP) is 2.00. The molecule has 0 aliphatic carbocycles. The SMILES string of the molecule is CC(C)CS(=O)(=O)CC(=O)NCC(N)c1ccc(C(C)C)cc1. The number of sulfone groups is 1. The van der Waals surface area contributed by atoms with E-state index in [-0.39, 0.29) is 24.3 Å². The van der Waals surface area contributed by atoms with Crippen LogP contribution in [0.1, 0.15) is 50.8 Å². The zero-order chi connectivity index (χ0) is 17.6. The summed E-state index contributed by atoms with van der Waals surface area (Å²) in [5.41, 5.74) is 8.19. The topological polar surface area (TPSA) is 89.3 Å². The Labute approximate surface area is 139 Å². The van der Waals surface area contributed by atoms with Crippen molar-refractivity contribution in [2.45, 2.75) is 39.7 Å². The number of rotatable bonds is 8. The highest BCUT2D eigenvalue weighted by Gasteiger charge is 2.18. The fourth-order valence-electron chi connectivity index (χ4n) is 2.29. The van der Waals surface area contributed by atoms with Crippen LogP contribution in [0.4, 0.5) is 0 Å². The standard InChI is InChI=1S/C17H28N2O3S/c1-12(2)10-23(21,22)11-17(20)19-9-16(18)15-7-5-14(6-8-15)13(3)4/h5-8,12-13,16H,9-11,18H2,1-4H3,(H,19,20). The van der Waals surface area contributed by atoms with Gasteiger partial charge < -0.3 is 11.1 Å². The number of hydrogen-bond acceptors (Lipinski definition) is 4. The third-order valence-corrected chi connectivity index (χ3v) is 5.37. The van der Waals surface area contributed by atoms with Crippen molar-refractivity contribution in [3.05, 3.63) is 35.4 Å². The number of carbonyl (C=O) groups is 1. The molecule has 1 unspecified atom stereocenters. The molecule has 0 aromatic heterocycles. The number of carbonyl (C=O) groups excluding carboxylic acids is 1. The molecule has 0 bridgehead atoms. The number of benzene rings is 1. The van der Waals surface area contributed by atoms with Crippen LogP contribution in [0, 0.1) is 5.92 Å². The van der Waals surface area contributed by atoms with Crippen LogP contribution in [0.5, 0.6) is 0 Å². The van der Waals surface area contributed by atoms with E-state index in [9.17, 15) is 13.2 Å². The smallest absolute Gasteiger partial charge is 0.235 e. The minimum Gasteiger partial charge on any atom is -0.353 e. The molecule has 0 fully saturated rings. The monoisotopic (exact) mass is 340 g/mol. The molecule has 0 saturated heterocycles. The number of amides is 1. The van der Waals surface area contributed by atoms with Gasteiger partial charge in [-0.3, -0.25) is 4.79 Å². The Balaban J connectivity index is 2.52. The first-order chi connectivity index (χ1) is 10.6. The van der Waals surface area contributed by atoms with Crippen molar-refractivity contribution in [3.8, 4) is 0 Å². The van der Waals surface area contributed by atoms with Gasteiger partial charge in [-0.1, -0.05) is 52.0 Å². The van der Waals surface area contributed by atoms with Crippen molar-refractivity contribution in [1.29, 1.82) is 0 Å². The minimum absolute atomic E-state index is 0.00882. The molecular formula is C17H28N2O3S. The second-order valence-electron chi connectivity index (χ2n) is 6.68. The average molecular weight is 340 g/mol. The van der Waals surface area contributed by atoms with Gasteiger partial charge in [0.2, 0.25) is 5.91 Å². The molecule has 6 heteroatoms. The summed E-state index contributed by atoms with van der Waals surface area (Å²) < 4.78 is 23.6. The summed E-state index contributed by atoms with van der Waals surface area (Å²) in [4.78, 5) is 11.8. The van der Waals surface area contributed by atoms with E-state index in [1.54, 1.807) is 0 Å². The van der Waals surface area contributed by atoms with Crippen LogP contribution in [0.3, 0.4) is 0 Å². The van der Waals surface area contributed by atoms with Gasteiger partial charge in [0.25, 0.3) is 0 Å². The van der Waals surface area contributed by atoms with Gasteiger partial charge in [-0.2, -0.15) is 0 Å². The Morgan fingerprint density at radius 3 is 2.09 bits per heavy atom. The van der Waals surface area contributed by atoms with E-state index in [2.05, 4.69) is 19.2 Å². The molecule has 1 amide bonds.